The molecule has 0 aliphatic carbocycles. The van der Waals surface area contributed by atoms with Crippen molar-refractivity contribution in [1.29, 1.82) is 0 Å². The first-order valence-electron chi connectivity index (χ1n) is 16.7. The summed E-state index contributed by atoms with van der Waals surface area (Å²) >= 11 is 0. The molecule has 49 heavy (non-hydrogen) atoms. The lowest BCUT2D eigenvalue weighted by molar-refractivity contribution is 0.156. The largest absolute Gasteiger partial charge is 0.491 e. The minimum atomic E-state index is -0.488. The first-order chi connectivity index (χ1) is 23.7. The van der Waals surface area contributed by atoms with E-state index in [1.807, 2.05) is 91.7 Å². The summed E-state index contributed by atoms with van der Waals surface area (Å²) in [7, 11) is 2.02. The Morgan fingerprint density at radius 1 is 0.592 bits per heavy atom. The molecule has 264 valence electrons. The lowest BCUT2D eigenvalue weighted by Crippen LogP contribution is -2.36. The van der Waals surface area contributed by atoms with Crippen LogP contribution < -0.4 is 4.74 Å². The third kappa shape index (κ3) is 18.8. The van der Waals surface area contributed by atoms with Gasteiger partial charge in [-0.15, -0.1) is 19.3 Å². The van der Waals surface area contributed by atoms with Crippen molar-refractivity contribution in [1.82, 2.24) is 14.7 Å². The highest BCUT2D eigenvalue weighted by Gasteiger charge is 2.14. The van der Waals surface area contributed by atoms with Crippen molar-refractivity contribution < 1.29 is 17.9 Å². The van der Waals surface area contributed by atoms with E-state index < -0.39 is 13.5 Å². The van der Waals surface area contributed by atoms with Gasteiger partial charge >= 0.3 is 0 Å². The summed E-state index contributed by atoms with van der Waals surface area (Å²) < 4.78 is 42.1. The Kier molecular flexibility index (Phi) is 23.4. The van der Waals surface area contributed by atoms with E-state index in [4.69, 9.17) is 24.0 Å². The second-order valence-electron chi connectivity index (χ2n) is 11.9. The molecule has 0 radical (unpaired) electrons. The van der Waals surface area contributed by atoms with Crippen molar-refractivity contribution in [2.24, 2.45) is 0 Å². The minimum absolute atomic E-state index is 0.112. The molecule has 0 fully saturated rings. The zero-order chi connectivity index (χ0) is 36.3. The summed E-state index contributed by atoms with van der Waals surface area (Å²) in [5.41, 5.74) is 3.69. The molecule has 0 bridgehead atoms. The van der Waals surface area contributed by atoms with Crippen LogP contribution in [0.4, 0.5) is 13.2 Å². The van der Waals surface area contributed by atoms with Crippen LogP contribution in [0, 0.1) is 37.0 Å². The summed E-state index contributed by atoms with van der Waals surface area (Å²) in [6, 6.07) is 28.8. The quantitative estimate of drug-likeness (QED) is 0.103. The molecule has 0 spiro atoms. The van der Waals surface area contributed by atoms with Crippen LogP contribution in [0.5, 0.6) is 5.75 Å². The predicted molar refractivity (Wildman–Crippen MR) is 200 cm³/mol. The Bertz CT molecular complexity index is 1370. The Morgan fingerprint density at radius 3 is 1.49 bits per heavy atom. The molecule has 4 nitrogen and oxygen atoms in total. The van der Waals surface area contributed by atoms with Gasteiger partial charge < -0.3 is 4.74 Å². The second kappa shape index (κ2) is 26.7. The van der Waals surface area contributed by atoms with E-state index in [0.29, 0.717) is 38.0 Å². The highest BCUT2D eigenvalue weighted by atomic mass is 18.2. The number of likely N-dealkylation sites (N-methyl/N-ethyl adjacent to an activating group) is 1. The molecule has 3 unspecified atom stereocenters. The maximum Gasteiger partial charge on any atom is 0.144 e. The number of hydrogen-bond acceptors (Lipinski definition) is 4. The highest BCUT2D eigenvalue weighted by Crippen LogP contribution is 2.15. The molecule has 0 saturated carbocycles. The van der Waals surface area contributed by atoms with Crippen molar-refractivity contribution in [3.05, 3.63) is 102 Å². The number of terminal acetylenes is 3. The van der Waals surface area contributed by atoms with Crippen LogP contribution in [0.2, 0.25) is 0 Å². The average molecular weight is 671 g/mol. The van der Waals surface area contributed by atoms with Crippen molar-refractivity contribution in [2.75, 3.05) is 60.0 Å². The van der Waals surface area contributed by atoms with Gasteiger partial charge in [0.15, 0.2) is 0 Å². The zero-order valence-corrected chi connectivity index (χ0v) is 29.7. The Balaban J connectivity index is 0.000000369. The molecule has 0 heterocycles. The first kappa shape index (κ1) is 42.8. The van der Waals surface area contributed by atoms with E-state index in [9.17, 15) is 13.2 Å². The number of alkyl halides is 3. The molecule has 3 aromatic rings. The first-order valence-corrected chi connectivity index (χ1v) is 16.7. The van der Waals surface area contributed by atoms with Crippen LogP contribution in [-0.2, 0) is 19.3 Å². The van der Waals surface area contributed by atoms with Crippen molar-refractivity contribution >= 4 is 0 Å². The molecular formula is C42H54F3N3O. The van der Waals surface area contributed by atoms with E-state index in [0.717, 1.165) is 19.3 Å². The smallest absolute Gasteiger partial charge is 0.144 e. The van der Waals surface area contributed by atoms with Crippen molar-refractivity contribution in [2.45, 2.75) is 58.2 Å². The zero-order valence-electron chi connectivity index (χ0n) is 29.7. The van der Waals surface area contributed by atoms with Crippen LogP contribution >= 0.6 is 0 Å². The van der Waals surface area contributed by atoms with Gasteiger partial charge in [-0.2, -0.15) is 0 Å². The molecule has 0 aliphatic rings. The minimum Gasteiger partial charge on any atom is -0.491 e. The SMILES string of the molecule is C#CCN(C)C(C)Cc1ccc(OCC[18F])cc1.C#CCN(CC[18F])C(C)Cc1ccccc1.C#CCN(C[18F])C(C)Cc1ccccc1. The third-order valence-electron chi connectivity index (χ3n) is 8.00. The molecular weight excluding hydrogens is 616 g/mol. The number of rotatable bonds is 18. The maximum absolute atomic E-state index is 12.6. The fourth-order valence-electron chi connectivity index (χ4n) is 4.96. The number of benzene rings is 3. The van der Waals surface area contributed by atoms with Crippen LogP contribution in [0.25, 0.3) is 0 Å². The molecule has 0 aromatic heterocycles. The number of nitrogens with zero attached hydrogens (tertiary/aromatic N) is 3. The van der Waals surface area contributed by atoms with E-state index in [2.05, 4.69) is 48.6 Å². The lowest BCUT2D eigenvalue weighted by Gasteiger charge is -2.26. The highest BCUT2D eigenvalue weighted by molar-refractivity contribution is 5.28. The second-order valence-corrected chi connectivity index (χ2v) is 11.9. The molecule has 0 saturated heterocycles. The Hall–Kier alpha value is -4.19. The van der Waals surface area contributed by atoms with Gasteiger partial charge in [-0.05, 0) is 75.9 Å². The van der Waals surface area contributed by atoms with Crippen molar-refractivity contribution in [3.8, 4) is 42.8 Å². The molecule has 3 aromatic carbocycles. The topological polar surface area (TPSA) is 19.0 Å². The average Bonchev–Trinajstić information content (AvgIpc) is 3.11. The fraction of sp³-hybridized carbons (Fsp3) is 0.429. The molecule has 7 heteroatoms. The fourth-order valence-corrected chi connectivity index (χ4v) is 4.96. The molecule has 3 atom stereocenters. The summed E-state index contributed by atoms with van der Waals surface area (Å²) in [4.78, 5) is 5.77. The van der Waals surface area contributed by atoms with Gasteiger partial charge in [0.2, 0.25) is 0 Å². The Morgan fingerprint density at radius 2 is 1.04 bits per heavy atom. The summed E-state index contributed by atoms with van der Waals surface area (Å²) in [5, 5.41) is 0. The molecule has 0 aliphatic heterocycles. The number of hydrogen-bond donors (Lipinski definition) is 0. The van der Waals surface area contributed by atoms with Gasteiger partial charge in [-0.25, -0.2) is 13.2 Å². The van der Waals surface area contributed by atoms with Crippen LogP contribution in [0.15, 0.2) is 84.9 Å². The van der Waals surface area contributed by atoms with E-state index in [1.54, 1.807) is 4.90 Å². The third-order valence-corrected chi connectivity index (χ3v) is 8.00. The molecule has 0 N–H and O–H groups in total. The van der Waals surface area contributed by atoms with Crippen LogP contribution in [0.3, 0.4) is 0 Å². The van der Waals surface area contributed by atoms with Gasteiger partial charge in [-0.1, -0.05) is 90.6 Å². The van der Waals surface area contributed by atoms with Gasteiger partial charge in [0.25, 0.3) is 0 Å². The number of halogens is 3. The maximum atomic E-state index is 12.6. The van der Waals surface area contributed by atoms with E-state index in [1.165, 1.54) is 16.7 Å². The molecule has 3 rings (SSSR count). The van der Waals surface area contributed by atoms with Gasteiger partial charge in [0.05, 0.1) is 19.6 Å². The Labute approximate surface area is 294 Å². The monoisotopic (exact) mass is 670 g/mol. The summed E-state index contributed by atoms with van der Waals surface area (Å²) in [6.45, 7) is 6.98. The normalized spacial score (nSPS) is 12.3. The van der Waals surface area contributed by atoms with Gasteiger partial charge in [0.1, 0.15) is 32.5 Å². The standard InChI is InChI=1S/C15H20FNO.C14H18FN.C13H16FN/c1-4-10-17(3)13(2)12-14-5-7-15(8-6-14)18-11-9-16;1-3-10-16(11-9-15)13(2)12-14-7-5-4-6-8-14;1-3-9-15(11-14)12(2)10-13-7-5-4-6-8-13/h1,5-8,13H,9-12H2,2-3H3;1,4-8,13H,9-12H2,2H3;1,4-8,12H,9-11H2,2H3/i16-1;15-1;14-1. The summed E-state index contributed by atoms with van der Waals surface area (Å²) in [6.07, 6.45) is 18.4. The number of ether oxygens (including phenoxy) is 1. The van der Waals surface area contributed by atoms with Crippen LogP contribution in [-0.4, -0.2) is 92.8 Å². The van der Waals surface area contributed by atoms with Gasteiger partial charge in [0, 0.05) is 24.7 Å². The van der Waals surface area contributed by atoms with E-state index >= 15 is 0 Å². The predicted octanol–water partition coefficient (Wildman–Crippen LogP) is 7.53. The lowest BCUT2D eigenvalue weighted by atomic mass is 10.1. The van der Waals surface area contributed by atoms with E-state index in [-0.39, 0.29) is 25.4 Å². The van der Waals surface area contributed by atoms with Gasteiger partial charge in [-0.3, -0.25) is 14.7 Å². The summed E-state index contributed by atoms with van der Waals surface area (Å²) in [5.74, 6) is 8.40. The van der Waals surface area contributed by atoms with Crippen LogP contribution in [0.1, 0.15) is 37.5 Å². The molecule has 0 amide bonds. The van der Waals surface area contributed by atoms with Crippen molar-refractivity contribution in [3.63, 3.8) is 0 Å².